The fourth-order valence-corrected chi connectivity index (χ4v) is 2.15. The third kappa shape index (κ3) is 5.23. The van der Waals surface area contributed by atoms with Gasteiger partial charge in [-0.15, -0.1) is 0 Å². The van der Waals surface area contributed by atoms with E-state index in [4.69, 9.17) is 14.2 Å². The molecule has 0 unspecified atom stereocenters. The fraction of sp³-hybridized carbons (Fsp3) is 0.588. The topological polar surface area (TPSA) is 90.0 Å². The molecule has 0 saturated heterocycles. The smallest absolute Gasteiger partial charge is 0.415 e. The van der Waals surface area contributed by atoms with Crippen LogP contribution in [0.3, 0.4) is 0 Å². The van der Waals surface area contributed by atoms with Crippen LogP contribution in [0.25, 0.3) is 0 Å². The van der Waals surface area contributed by atoms with E-state index in [0.717, 1.165) is 0 Å². The molecule has 0 radical (unpaired) electrons. The van der Waals surface area contributed by atoms with E-state index in [0.29, 0.717) is 23.7 Å². The quantitative estimate of drug-likeness (QED) is 0.832. The van der Waals surface area contributed by atoms with Crippen LogP contribution in [0, 0.1) is 0 Å². The second kappa shape index (κ2) is 6.78. The summed E-state index contributed by atoms with van der Waals surface area (Å²) in [6, 6.07) is 0. The maximum absolute atomic E-state index is 12.4. The Balaban J connectivity index is 2.23. The number of nitrogens with one attached hydrogen (secondary N) is 1. The highest BCUT2D eigenvalue weighted by atomic mass is 16.6. The van der Waals surface area contributed by atoms with Gasteiger partial charge in [0, 0.05) is 0 Å². The third-order valence-electron chi connectivity index (χ3n) is 2.98. The number of hydrogen-bond donors (Lipinski definition) is 1. The molecule has 0 aromatic carbocycles. The van der Waals surface area contributed by atoms with E-state index in [1.807, 2.05) is 0 Å². The van der Waals surface area contributed by atoms with E-state index < -0.39 is 23.4 Å². The van der Waals surface area contributed by atoms with Crippen molar-refractivity contribution < 1.29 is 23.8 Å². The number of aromatic nitrogens is 1. The second-order valence-electron chi connectivity index (χ2n) is 7.64. The molecule has 138 valence electrons. The van der Waals surface area contributed by atoms with Crippen LogP contribution in [0.4, 0.5) is 21.0 Å². The average Bonchev–Trinajstić information content (AvgIpc) is 2.43. The number of hydrogen-bond acceptors (Lipinski definition) is 6. The summed E-state index contributed by atoms with van der Waals surface area (Å²) in [6.07, 6.45) is 1.83. The number of ether oxygens (including phenoxy) is 3. The number of rotatable bonds is 1. The van der Waals surface area contributed by atoms with Crippen LogP contribution >= 0.6 is 0 Å². The van der Waals surface area contributed by atoms with Gasteiger partial charge in [0.15, 0.2) is 5.75 Å². The molecule has 0 bridgehead atoms. The van der Waals surface area contributed by atoms with Gasteiger partial charge >= 0.3 is 12.2 Å². The molecule has 25 heavy (non-hydrogen) atoms. The lowest BCUT2D eigenvalue weighted by Crippen LogP contribution is -2.41. The standard InChI is InChI=1S/C17H25N3O5/c1-16(2,3)24-14(21)19-11-9-18-10-12-13(11)23-8-7-20(12)15(22)25-17(4,5)6/h9-10H,7-8H2,1-6H3,(H,19,21). The monoisotopic (exact) mass is 351 g/mol. The minimum absolute atomic E-state index is 0.277. The van der Waals surface area contributed by atoms with Crippen molar-refractivity contribution in [3.05, 3.63) is 12.4 Å². The van der Waals surface area contributed by atoms with Crippen molar-refractivity contribution in [2.24, 2.45) is 0 Å². The van der Waals surface area contributed by atoms with Crippen molar-refractivity contribution in [2.45, 2.75) is 52.7 Å². The van der Waals surface area contributed by atoms with Gasteiger partial charge in [-0.3, -0.25) is 15.2 Å². The van der Waals surface area contributed by atoms with Gasteiger partial charge in [-0.2, -0.15) is 0 Å². The van der Waals surface area contributed by atoms with Gasteiger partial charge in [-0.25, -0.2) is 9.59 Å². The molecule has 0 fully saturated rings. The van der Waals surface area contributed by atoms with Crippen molar-refractivity contribution in [3.63, 3.8) is 0 Å². The maximum Gasteiger partial charge on any atom is 0.415 e. The Labute approximate surface area is 147 Å². The Hall–Kier alpha value is -2.51. The number of carbonyl (C=O) groups excluding carboxylic acids is 2. The van der Waals surface area contributed by atoms with Crippen LogP contribution in [0.15, 0.2) is 12.4 Å². The molecule has 0 saturated carbocycles. The molecular weight excluding hydrogens is 326 g/mol. The molecule has 2 heterocycles. The summed E-state index contributed by atoms with van der Waals surface area (Å²) in [4.78, 5) is 29.9. The Kier molecular flexibility index (Phi) is 5.10. The largest absolute Gasteiger partial charge is 0.487 e. The Morgan fingerprint density at radius 2 is 1.76 bits per heavy atom. The molecule has 8 nitrogen and oxygen atoms in total. The van der Waals surface area contributed by atoms with Crippen LogP contribution in [0.2, 0.25) is 0 Å². The molecule has 1 N–H and O–H groups in total. The Bertz CT molecular complexity index is 661. The van der Waals surface area contributed by atoms with Crippen molar-refractivity contribution in [2.75, 3.05) is 23.4 Å². The van der Waals surface area contributed by atoms with Gasteiger partial charge in [0.1, 0.15) is 29.2 Å². The highest BCUT2D eigenvalue weighted by Gasteiger charge is 2.30. The molecule has 1 aliphatic heterocycles. The predicted octanol–water partition coefficient (Wildman–Crippen LogP) is 3.56. The van der Waals surface area contributed by atoms with Crippen LogP contribution < -0.4 is 15.0 Å². The first-order chi connectivity index (χ1) is 11.5. The molecular formula is C17H25N3O5. The number of carbonyl (C=O) groups is 2. The zero-order valence-corrected chi connectivity index (χ0v) is 15.5. The van der Waals surface area contributed by atoms with E-state index in [2.05, 4.69) is 10.3 Å². The maximum atomic E-state index is 12.4. The Morgan fingerprint density at radius 1 is 1.12 bits per heavy atom. The molecule has 0 aliphatic carbocycles. The van der Waals surface area contributed by atoms with E-state index in [-0.39, 0.29) is 6.61 Å². The van der Waals surface area contributed by atoms with Gasteiger partial charge in [-0.1, -0.05) is 0 Å². The highest BCUT2D eigenvalue weighted by Crippen LogP contribution is 2.38. The first kappa shape index (κ1) is 18.8. The Morgan fingerprint density at radius 3 is 2.36 bits per heavy atom. The van der Waals surface area contributed by atoms with Crippen LogP contribution in [0.5, 0.6) is 5.75 Å². The van der Waals surface area contributed by atoms with Crippen molar-refractivity contribution in [1.29, 1.82) is 0 Å². The lowest BCUT2D eigenvalue weighted by atomic mass is 10.2. The highest BCUT2D eigenvalue weighted by molar-refractivity contribution is 5.94. The van der Waals surface area contributed by atoms with E-state index >= 15 is 0 Å². The van der Waals surface area contributed by atoms with Crippen LogP contribution in [0.1, 0.15) is 41.5 Å². The van der Waals surface area contributed by atoms with Gasteiger partial charge in [0.2, 0.25) is 0 Å². The summed E-state index contributed by atoms with van der Waals surface area (Å²) >= 11 is 0. The lowest BCUT2D eigenvalue weighted by Gasteiger charge is -2.32. The van der Waals surface area contributed by atoms with Gasteiger partial charge in [0.05, 0.1) is 18.9 Å². The summed E-state index contributed by atoms with van der Waals surface area (Å²) in [5.41, 5.74) is -0.473. The first-order valence-corrected chi connectivity index (χ1v) is 8.07. The zero-order valence-electron chi connectivity index (χ0n) is 15.5. The van der Waals surface area contributed by atoms with Crippen LogP contribution in [-0.2, 0) is 9.47 Å². The average molecular weight is 351 g/mol. The minimum Gasteiger partial charge on any atom is -0.487 e. The SMILES string of the molecule is CC(C)(C)OC(=O)Nc1cncc2c1OCCN2C(=O)OC(C)(C)C. The van der Waals surface area contributed by atoms with Gasteiger partial charge in [-0.05, 0) is 41.5 Å². The molecule has 8 heteroatoms. The molecule has 2 rings (SSSR count). The first-order valence-electron chi connectivity index (χ1n) is 8.07. The molecule has 0 atom stereocenters. The van der Waals surface area contributed by atoms with E-state index in [9.17, 15) is 9.59 Å². The summed E-state index contributed by atoms with van der Waals surface area (Å²) < 4.78 is 16.3. The van der Waals surface area contributed by atoms with Crippen LogP contribution in [-0.4, -0.2) is 41.5 Å². The fourth-order valence-electron chi connectivity index (χ4n) is 2.15. The van der Waals surface area contributed by atoms with Crippen molar-refractivity contribution >= 4 is 23.6 Å². The van der Waals surface area contributed by atoms with Crippen molar-refractivity contribution in [3.8, 4) is 5.75 Å². The second-order valence-corrected chi connectivity index (χ2v) is 7.64. The predicted molar refractivity (Wildman–Crippen MR) is 93.2 cm³/mol. The van der Waals surface area contributed by atoms with Gasteiger partial charge < -0.3 is 14.2 Å². The molecule has 1 aromatic heterocycles. The van der Waals surface area contributed by atoms with E-state index in [1.165, 1.54) is 17.3 Å². The zero-order chi connectivity index (χ0) is 18.8. The molecule has 2 amide bonds. The number of anilines is 2. The minimum atomic E-state index is -0.629. The number of fused-ring (bicyclic) bond motifs is 1. The van der Waals surface area contributed by atoms with Gasteiger partial charge in [0.25, 0.3) is 0 Å². The molecule has 0 spiro atoms. The number of nitrogens with zero attached hydrogens (tertiary/aromatic N) is 2. The van der Waals surface area contributed by atoms with E-state index in [1.54, 1.807) is 41.5 Å². The molecule has 1 aliphatic rings. The normalized spacial score (nSPS) is 14.2. The third-order valence-corrected chi connectivity index (χ3v) is 2.98. The van der Waals surface area contributed by atoms with Crippen molar-refractivity contribution in [1.82, 2.24) is 4.98 Å². The number of amides is 2. The summed E-state index contributed by atoms with van der Waals surface area (Å²) in [6.45, 7) is 11.3. The summed E-state index contributed by atoms with van der Waals surface area (Å²) in [5.74, 6) is 0.359. The summed E-state index contributed by atoms with van der Waals surface area (Å²) in [7, 11) is 0. The lowest BCUT2D eigenvalue weighted by molar-refractivity contribution is 0.0567. The summed E-state index contributed by atoms with van der Waals surface area (Å²) in [5, 5.41) is 2.61. The molecule has 1 aromatic rings. The number of pyridine rings is 1.